The Balaban J connectivity index is 0.00000173. The maximum Gasteiger partial charge on any atom is 0.256 e. The van der Waals surface area contributed by atoms with Crippen LogP contribution >= 0.6 is 0 Å². The van der Waals surface area contributed by atoms with Crippen LogP contribution in [0.2, 0.25) is 0 Å². The van der Waals surface area contributed by atoms with Gasteiger partial charge in [0, 0.05) is 39.0 Å². The molecule has 0 spiro atoms. The van der Waals surface area contributed by atoms with Crippen LogP contribution in [-0.4, -0.2) is 84.8 Å². The summed E-state index contributed by atoms with van der Waals surface area (Å²) >= 11 is 0. The minimum absolute atomic E-state index is 0.0254. The SMILES string of the molecule is CC.CNc1nc(NC2CCN(C3CC(F)(F)C3)CC2F)nn2cc(F)c(-c3ccc4nc(C)n(CC(F)F)c4n3)c12. The highest BCUT2D eigenvalue weighted by Crippen LogP contribution is 2.41. The summed E-state index contributed by atoms with van der Waals surface area (Å²) in [5.74, 6) is -2.68. The summed E-state index contributed by atoms with van der Waals surface area (Å²) in [4.78, 5) is 14.9. The highest BCUT2D eigenvalue weighted by molar-refractivity contribution is 5.89. The van der Waals surface area contributed by atoms with Crippen LogP contribution in [0, 0.1) is 12.7 Å². The summed E-state index contributed by atoms with van der Waals surface area (Å²) in [6.45, 7) is 5.48. The molecule has 4 aromatic rings. The molecule has 2 unspecified atom stereocenters. The van der Waals surface area contributed by atoms with Gasteiger partial charge in [-0.05, 0) is 25.5 Å². The monoisotopic (exact) mass is 597 g/mol. The summed E-state index contributed by atoms with van der Waals surface area (Å²) in [6.07, 6.45) is -2.96. The second kappa shape index (κ2) is 11.6. The fourth-order valence-electron chi connectivity index (χ4n) is 5.62. The number of rotatable bonds is 7. The molecule has 6 rings (SSSR count). The molecule has 42 heavy (non-hydrogen) atoms. The summed E-state index contributed by atoms with van der Waals surface area (Å²) in [5.41, 5.74) is 1.10. The van der Waals surface area contributed by atoms with Gasteiger partial charge >= 0.3 is 0 Å². The molecule has 15 heteroatoms. The summed E-state index contributed by atoms with van der Waals surface area (Å²) in [7, 11) is 1.59. The number of hydrogen-bond donors (Lipinski definition) is 2. The first-order valence-corrected chi connectivity index (χ1v) is 13.9. The van der Waals surface area contributed by atoms with Gasteiger partial charge in [0.15, 0.2) is 17.3 Å². The van der Waals surface area contributed by atoms with Gasteiger partial charge in [0.2, 0.25) is 5.95 Å². The average Bonchev–Trinajstić information content (AvgIpc) is 3.43. The van der Waals surface area contributed by atoms with E-state index in [4.69, 9.17) is 0 Å². The third-order valence-electron chi connectivity index (χ3n) is 7.65. The Kier molecular flexibility index (Phi) is 8.23. The second-order valence-corrected chi connectivity index (χ2v) is 10.3. The third-order valence-corrected chi connectivity index (χ3v) is 7.65. The molecule has 9 nitrogen and oxygen atoms in total. The number of hydrogen-bond acceptors (Lipinski definition) is 7. The molecule has 2 N–H and O–H groups in total. The van der Waals surface area contributed by atoms with Crippen LogP contribution in [0.25, 0.3) is 27.9 Å². The molecule has 1 aliphatic carbocycles. The van der Waals surface area contributed by atoms with Crippen molar-refractivity contribution in [3.8, 4) is 11.3 Å². The lowest BCUT2D eigenvalue weighted by molar-refractivity contribution is -0.131. The van der Waals surface area contributed by atoms with Gasteiger partial charge in [-0.25, -0.2) is 40.8 Å². The summed E-state index contributed by atoms with van der Waals surface area (Å²) < 4.78 is 85.8. The molecule has 1 saturated carbocycles. The number of aryl methyl sites for hydroxylation is 1. The van der Waals surface area contributed by atoms with Crippen LogP contribution in [0.15, 0.2) is 18.3 Å². The van der Waals surface area contributed by atoms with E-state index < -0.39 is 36.9 Å². The molecule has 228 valence electrons. The van der Waals surface area contributed by atoms with Crippen LogP contribution in [0.5, 0.6) is 0 Å². The lowest BCUT2D eigenvalue weighted by atomic mass is 9.85. The van der Waals surface area contributed by atoms with Crippen molar-refractivity contribution in [2.24, 2.45) is 0 Å². The number of imidazole rings is 1. The first kappa shape index (κ1) is 29.9. The standard InChI is InChI=1S/C25H27F6N9.C2H6/c1-12-33-18-4-3-17(34-23(18)39(12)11-19(28)29)20-15(27)10-40-21(20)22(32-2)36-24(37-40)35-16-5-6-38(9-14(16)26)13-7-25(30,31)8-13;1-2/h3-4,10,13-14,16,19H,5-9,11H2,1-2H3,(H2,32,35,36,37);1-2H3. The topological polar surface area (TPSA) is 88.2 Å². The Morgan fingerprint density at radius 1 is 1.12 bits per heavy atom. The zero-order valence-corrected chi connectivity index (χ0v) is 23.7. The van der Waals surface area contributed by atoms with Crippen molar-refractivity contribution in [3.63, 3.8) is 0 Å². The zero-order valence-electron chi connectivity index (χ0n) is 23.7. The van der Waals surface area contributed by atoms with E-state index in [1.807, 2.05) is 13.8 Å². The second-order valence-electron chi connectivity index (χ2n) is 10.3. The Bertz CT molecular complexity index is 1560. The van der Waals surface area contributed by atoms with E-state index in [2.05, 4.69) is 30.7 Å². The number of aromatic nitrogens is 6. The smallest absolute Gasteiger partial charge is 0.256 e. The van der Waals surface area contributed by atoms with Gasteiger partial charge in [-0.3, -0.25) is 4.90 Å². The van der Waals surface area contributed by atoms with Crippen LogP contribution in [0.4, 0.5) is 38.1 Å². The van der Waals surface area contributed by atoms with E-state index >= 15 is 8.78 Å². The molecule has 0 bridgehead atoms. The number of piperidine rings is 1. The maximum atomic E-state index is 15.3. The molecule has 1 aliphatic heterocycles. The maximum absolute atomic E-state index is 15.3. The molecule has 5 heterocycles. The van der Waals surface area contributed by atoms with Gasteiger partial charge in [-0.15, -0.1) is 5.10 Å². The number of alkyl halides is 5. The number of likely N-dealkylation sites (tertiary alicyclic amines) is 1. The van der Waals surface area contributed by atoms with E-state index in [9.17, 15) is 17.6 Å². The van der Waals surface area contributed by atoms with Gasteiger partial charge < -0.3 is 15.2 Å². The zero-order chi connectivity index (χ0) is 30.3. The molecule has 2 aliphatic rings. The summed E-state index contributed by atoms with van der Waals surface area (Å²) in [5, 5.41) is 10.2. The first-order chi connectivity index (χ1) is 20.0. The average molecular weight is 598 g/mol. The Morgan fingerprint density at radius 2 is 1.86 bits per heavy atom. The van der Waals surface area contributed by atoms with Crippen molar-refractivity contribution < 1.29 is 26.3 Å². The van der Waals surface area contributed by atoms with E-state index in [-0.39, 0.29) is 59.6 Å². The predicted octanol–water partition coefficient (Wildman–Crippen LogP) is 5.54. The first-order valence-electron chi connectivity index (χ1n) is 13.9. The fourth-order valence-corrected chi connectivity index (χ4v) is 5.62. The highest BCUT2D eigenvalue weighted by atomic mass is 19.3. The molecular weight excluding hydrogens is 564 g/mol. The number of halogens is 6. The van der Waals surface area contributed by atoms with Crippen molar-refractivity contribution in [3.05, 3.63) is 30.0 Å². The number of anilines is 2. The van der Waals surface area contributed by atoms with E-state index in [0.29, 0.717) is 24.3 Å². The third kappa shape index (κ3) is 5.57. The molecule has 0 aromatic carbocycles. The minimum Gasteiger partial charge on any atom is -0.371 e. The van der Waals surface area contributed by atoms with Crippen molar-refractivity contribution in [1.82, 2.24) is 34.0 Å². The van der Waals surface area contributed by atoms with Crippen molar-refractivity contribution >= 4 is 28.4 Å². The largest absolute Gasteiger partial charge is 0.371 e. The molecule has 1 saturated heterocycles. The lowest BCUT2D eigenvalue weighted by Gasteiger charge is -2.46. The van der Waals surface area contributed by atoms with Gasteiger partial charge in [0.1, 0.15) is 23.0 Å². The van der Waals surface area contributed by atoms with Gasteiger partial charge in [0.25, 0.3) is 12.3 Å². The summed E-state index contributed by atoms with van der Waals surface area (Å²) in [6, 6.07) is 2.17. The van der Waals surface area contributed by atoms with Crippen molar-refractivity contribution in [2.45, 2.75) is 77.2 Å². The van der Waals surface area contributed by atoms with Crippen LogP contribution in [0.3, 0.4) is 0 Å². The number of nitrogens with zero attached hydrogens (tertiary/aromatic N) is 7. The number of pyridine rings is 1. The normalized spacial score (nSPS) is 20.9. The van der Waals surface area contributed by atoms with Crippen molar-refractivity contribution in [1.29, 1.82) is 0 Å². The number of fused-ring (bicyclic) bond motifs is 2. The minimum atomic E-state index is -2.67. The Hall–Kier alpha value is -3.62. The Morgan fingerprint density at radius 3 is 2.50 bits per heavy atom. The Labute approximate surface area is 238 Å². The van der Waals surface area contributed by atoms with E-state index in [0.717, 1.165) is 6.20 Å². The lowest BCUT2D eigenvalue weighted by Crippen LogP contribution is -2.57. The molecular formula is C27H33F6N9. The van der Waals surface area contributed by atoms with Crippen LogP contribution in [0.1, 0.15) is 38.9 Å². The van der Waals surface area contributed by atoms with E-state index in [1.165, 1.54) is 9.08 Å². The van der Waals surface area contributed by atoms with Crippen LogP contribution in [-0.2, 0) is 6.54 Å². The van der Waals surface area contributed by atoms with E-state index in [1.54, 1.807) is 31.0 Å². The fraction of sp³-hybridized carbons (Fsp3) is 0.556. The van der Waals surface area contributed by atoms with Crippen LogP contribution < -0.4 is 10.6 Å². The van der Waals surface area contributed by atoms with Gasteiger partial charge in [-0.2, -0.15) is 4.98 Å². The molecule has 0 radical (unpaired) electrons. The van der Waals surface area contributed by atoms with Gasteiger partial charge in [0.05, 0.1) is 30.0 Å². The molecule has 4 aromatic heterocycles. The predicted molar refractivity (Wildman–Crippen MR) is 148 cm³/mol. The molecule has 2 atom stereocenters. The highest BCUT2D eigenvalue weighted by Gasteiger charge is 2.49. The quantitative estimate of drug-likeness (QED) is 0.271. The van der Waals surface area contributed by atoms with Crippen molar-refractivity contribution in [2.75, 3.05) is 30.8 Å². The molecule has 0 amide bonds. The molecule has 2 fully saturated rings. The van der Waals surface area contributed by atoms with Gasteiger partial charge in [-0.1, -0.05) is 13.8 Å². The number of nitrogens with one attached hydrogen (secondary N) is 2.